The molecule has 0 bridgehead atoms. The largest absolute Gasteiger partial charge is 0.497 e. The third-order valence-electron chi connectivity index (χ3n) is 4.89. The topological polar surface area (TPSA) is 105 Å². The van der Waals surface area contributed by atoms with Crippen LogP contribution in [0.15, 0.2) is 29.4 Å². The second kappa shape index (κ2) is 10.7. The molecule has 2 N–H and O–H groups in total. The molecule has 1 saturated carbocycles. The number of hydrogen-bond donors (Lipinski definition) is 2. The molecule has 154 valence electrons. The van der Waals surface area contributed by atoms with Crippen molar-refractivity contribution in [1.82, 2.24) is 20.1 Å². The summed E-state index contributed by atoms with van der Waals surface area (Å²) in [5, 5.41) is 24.1. The molecular formula is C20H26N6O2S. The molecule has 0 saturated heterocycles. The summed E-state index contributed by atoms with van der Waals surface area (Å²) in [6.07, 6.45) is 5.84. The molecular weight excluding hydrogens is 388 g/mol. The summed E-state index contributed by atoms with van der Waals surface area (Å²) < 4.78 is 7.47. The minimum atomic E-state index is -0.175. The van der Waals surface area contributed by atoms with Gasteiger partial charge in [-0.1, -0.05) is 37.1 Å². The minimum absolute atomic E-state index is 0.0183. The fourth-order valence-corrected chi connectivity index (χ4v) is 4.32. The van der Waals surface area contributed by atoms with Gasteiger partial charge in [-0.15, -0.1) is 10.2 Å². The van der Waals surface area contributed by atoms with E-state index in [2.05, 4.69) is 25.4 Å². The van der Waals surface area contributed by atoms with Crippen molar-refractivity contribution < 1.29 is 9.53 Å². The Morgan fingerprint density at radius 2 is 2.17 bits per heavy atom. The molecule has 1 aliphatic carbocycles. The number of anilines is 1. The first-order valence-corrected chi connectivity index (χ1v) is 10.8. The Morgan fingerprint density at radius 1 is 1.34 bits per heavy atom. The van der Waals surface area contributed by atoms with Crippen LogP contribution >= 0.6 is 11.8 Å². The van der Waals surface area contributed by atoms with E-state index in [4.69, 9.17) is 10.00 Å². The van der Waals surface area contributed by atoms with Crippen LogP contribution in [0.1, 0.15) is 44.0 Å². The molecule has 2 aromatic rings. The van der Waals surface area contributed by atoms with Gasteiger partial charge in [-0.05, 0) is 25.0 Å². The van der Waals surface area contributed by atoms with Crippen LogP contribution in [0.3, 0.4) is 0 Å². The van der Waals surface area contributed by atoms with Crippen molar-refractivity contribution in [3.63, 3.8) is 0 Å². The standard InChI is InChI=1S/C20H26N6O2S/c1-28-17-9-5-6-15(12-17)23-13-18-24-25-20(29-14-19(27)22-11-10-21)26(18)16-7-3-2-4-8-16/h5-6,9,12,16,23H,2-4,7-8,11,13-14H2,1H3,(H,22,27). The molecule has 1 heterocycles. The number of nitrogens with zero attached hydrogens (tertiary/aromatic N) is 4. The van der Waals surface area contributed by atoms with Crippen LogP contribution in [-0.4, -0.2) is 40.1 Å². The van der Waals surface area contributed by atoms with E-state index in [0.717, 1.165) is 35.3 Å². The van der Waals surface area contributed by atoms with Crippen LogP contribution in [0.25, 0.3) is 0 Å². The molecule has 1 amide bonds. The van der Waals surface area contributed by atoms with Gasteiger partial charge in [0, 0.05) is 17.8 Å². The summed E-state index contributed by atoms with van der Waals surface area (Å²) >= 11 is 1.37. The molecule has 1 aliphatic rings. The third-order valence-corrected chi connectivity index (χ3v) is 5.84. The molecule has 0 radical (unpaired) electrons. The molecule has 1 aromatic heterocycles. The van der Waals surface area contributed by atoms with Gasteiger partial charge in [0.2, 0.25) is 5.91 Å². The first kappa shape index (κ1) is 21.0. The SMILES string of the molecule is COc1cccc(NCc2nnc(SCC(=O)NCC#N)n2C2CCCCC2)c1. The zero-order valence-electron chi connectivity index (χ0n) is 16.6. The smallest absolute Gasteiger partial charge is 0.231 e. The molecule has 1 aromatic carbocycles. The molecule has 8 nitrogen and oxygen atoms in total. The fraction of sp³-hybridized carbons (Fsp3) is 0.500. The predicted molar refractivity (Wildman–Crippen MR) is 112 cm³/mol. The van der Waals surface area contributed by atoms with Crippen LogP contribution in [0.4, 0.5) is 5.69 Å². The summed E-state index contributed by atoms with van der Waals surface area (Å²) in [5.41, 5.74) is 0.952. The minimum Gasteiger partial charge on any atom is -0.497 e. The quantitative estimate of drug-likeness (QED) is 0.480. The zero-order chi connectivity index (χ0) is 20.5. The maximum atomic E-state index is 11.9. The second-order valence-electron chi connectivity index (χ2n) is 6.87. The molecule has 9 heteroatoms. The van der Waals surface area contributed by atoms with E-state index < -0.39 is 0 Å². The number of carbonyl (C=O) groups excluding carboxylic acids is 1. The number of rotatable bonds is 9. The van der Waals surface area contributed by atoms with Crippen LogP contribution in [-0.2, 0) is 11.3 Å². The van der Waals surface area contributed by atoms with E-state index in [1.54, 1.807) is 7.11 Å². The van der Waals surface area contributed by atoms with Crippen LogP contribution in [0.2, 0.25) is 0 Å². The summed E-state index contributed by atoms with van der Waals surface area (Å²) in [6, 6.07) is 10.0. The number of amides is 1. The van der Waals surface area contributed by atoms with Crippen molar-refractivity contribution in [3.8, 4) is 11.8 Å². The lowest BCUT2D eigenvalue weighted by Crippen LogP contribution is -2.25. The summed E-state index contributed by atoms with van der Waals surface area (Å²) in [6.45, 7) is 0.558. The number of thioether (sulfide) groups is 1. The Labute approximate surface area is 175 Å². The molecule has 0 aliphatic heterocycles. The molecule has 1 fully saturated rings. The summed E-state index contributed by atoms with van der Waals surface area (Å²) in [7, 11) is 1.65. The Hall–Kier alpha value is -2.73. The van der Waals surface area contributed by atoms with E-state index in [1.807, 2.05) is 30.3 Å². The fourth-order valence-electron chi connectivity index (χ4n) is 3.47. The highest BCUT2D eigenvalue weighted by Crippen LogP contribution is 2.33. The first-order valence-electron chi connectivity index (χ1n) is 9.79. The lowest BCUT2D eigenvalue weighted by atomic mass is 9.95. The predicted octanol–water partition coefficient (Wildman–Crippen LogP) is 3.14. The Balaban J connectivity index is 1.72. The second-order valence-corrected chi connectivity index (χ2v) is 7.81. The maximum absolute atomic E-state index is 11.9. The normalized spacial score (nSPS) is 14.2. The van der Waals surface area contributed by atoms with Crippen LogP contribution < -0.4 is 15.4 Å². The number of ether oxygens (including phenoxy) is 1. The van der Waals surface area contributed by atoms with Crippen molar-refractivity contribution in [3.05, 3.63) is 30.1 Å². The first-order chi connectivity index (χ1) is 14.2. The van der Waals surface area contributed by atoms with Gasteiger partial charge in [0.25, 0.3) is 0 Å². The number of carbonyl (C=O) groups is 1. The van der Waals surface area contributed by atoms with Crippen molar-refractivity contribution in [2.75, 3.05) is 24.7 Å². The maximum Gasteiger partial charge on any atom is 0.231 e. The number of nitriles is 1. The lowest BCUT2D eigenvalue weighted by molar-refractivity contribution is -0.118. The lowest BCUT2D eigenvalue weighted by Gasteiger charge is -2.25. The number of methoxy groups -OCH3 is 1. The Bertz CT molecular complexity index is 857. The van der Waals surface area contributed by atoms with Crippen molar-refractivity contribution in [1.29, 1.82) is 5.26 Å². The summed E-state index contributed by atoms with van der Waals surface area (Å²) in [4.78, 5) is 11.9. The van der Waals surface area contributed by atoms with Crippen molar-refractivity contribution in [2.24, 2.45) is 0 Å². The Kier molecular flexibility index (Phi) is 7.76. The van der Waals surface area contributed by atoms with E-state index in [0.29, 0.717) is 12.6 Å². The van der Waals surface area contributed by atoms with E-state index in [-0.39, 0.29) is 18.2 Å². The van der Waals surface area contributed by atoms with Gasteiger partial charge in [-0.25, -0.2) is 0 Å². The number of benzene rings is 1. The Morgan fingerprint density at radius 3 is 2.93 bits per heavy atom. The third kappa shape index (κ3) is 5.87. The monoisotopic (exact) mass is 414 g/mol. The van der Waals surface area contributed by atoms with Gasteiger partial charge in [-0.2, -0.15) is 5.26 Å². The van der Waals surface area contributed by atoms with Crippen molar-refractivity contribution >= 4 is 23.4 Å². The summed E-state index contributed by atoms with van der Waals surface area (Å²) in [5.74, 6) is 1.70. The van der Waals surface area contributed by atoms with Gasteiger partial charge < -0.3 is 19.9 Å². The van der Waals surface area contributed by atoms with E-state index >= 15 is 0 Å². The van der Waals surface area contributed by atoms with Gasteiger partial charge in [0.1, 0.15) is 12.3 Å². The number of aromatic nitrogens is 3. The number of hydrogen-bond acceptors (Lipinski definition) is 7. The highest BCUT2D eigenvalue weighted by molar-refractivity contribution is 7.99. The molecule has 0 atom stereocenters. The van der Waals surface area contributed by atoms with Crippen LogP contribution in [0, 0.1) is 11.3 Å². The average molecular weight is 415 g/mol. The highest BCUT2D eigenvalue weighted by Gasteiger charge is 2.23. The van der Waals surface area contributed by atoms with Crippen molar-refractivity contribution in [2.45, 2.75) is 49.8 Å². The van der Waals surface area contributed by atoms with Gasteiger partial charge in [-0.3, -0.25) is 4.79 Å². The molecule has 29 heavy (non-hydrogen) atoms. The van der Waals surface area contributed by atoms with Gasteiger partial charge >= 0.3 is 0 Å². The van der Waals surface area contributed by atoms with E-state index in [1.165, 1.54) is 31.0 Å². The molecule has 3 rings (SSSR count). The van der Waals surface area contributed by atoms with Gasteiger partial charge in [0.15, 0.2) is 11.0 Å². The number of nitrogens with one attached hydrogen (secondary N) is 2. The van der Waals surface area contributed by atoms with E-state index in [9.17, 15) is 4.79 Å². The molecule has 0 unspecified atom stereocenters. The highest BCUT2D eigenvalue weighted by atomic mass is 32.2. The zero-order valence-corrected chi connectivity index (χ0v) is 17.4. The average Bonchev–Trinajstić information content (AvgIpc) is 3.18. The van der Waals surface area contributed by atoms with Crippen LogP contribution in [0.5, 0.6) is 5.75 Å². The van der Waals surface area contributed by atoms with Gasteiger partial charge in [0.05, 0.1) is 25.5 Å². The molecule has 0 spiro atoms.